The Morgan fingerprint density at radius 1 is 0.571 bits per heavy atom. The fourth-order valence-electron chi connectivity index (χ4n) is 1.91. The van der Waals surface area contributed by atoms with Gasteiger partial charge in [0.2, 0.25) is 0 Å². The summed E-state index contributed by atoms with van der Waals surface area (Å²) in [6.07, 6.45) is 14.7. The SMILES string of the molecule is CCCCCCCP(CCC)CCC. The topological polar surface area (TPSA) is 0 Å². The van der Waals surface area contributed by atoms with Crippen LogP contribution < -0.4 is 0 Å². The molecular formula is C13H29P. The van der Waals surface area contributed by atoms with E-state index in [4.69, 9.17) is 0 Å². The molecule has 0 spiro atoms. The molecule has 0 aromatic rings. The van der Waals surface area contributed by atoms with E-state index in [0.29, 0.717) is 7.92 Å². The summed E-state index contributed by atoms with van der Waals surface area (Å²) in [6.45, 7) is 6.96. The van der Waals surface area contributed by atoms with E-state index in [9.17, 15) is 0 Å². The molecule has 0 atom stereocenters. The van der Waals surface area contributed by atoms with Crippen LogP contribution in [0.4, 0.5) is 0 Å². The summed E-state index contributed by atoms with van der Waals surface area (Å²) in [5.41, 5.74) is 0. The summed E-state index contributed by atoms with van der Waals surface area (Å²) >= 11 is 0. The number of unbranched alkanes of at least 4 members (excludes halogenated alkanes) is 4. The van der Waals surface area contributed by atoms with E-state index in [-0.39, 0.29) is 0 Å². The Balaban J connectivity index is 3.30. The van der Waals surface area contributed by atoms with Gasteiger partial charge in [-0.2, -0.15) is 0 Å². The maximum absolute atomic E-state index is 2.34. The standard InChI is InChI=1S/C13H29P/c1-4-7-8-9-10-13-14(11-5-2)12-6-3/h4-13H2,1-3H3. The smallest absolute Gasteiger partial charge is 0.0326 e. The van der Waals surface area contributed by atoms with Gasteiger partial charge in [-0.15, -0.1) is 7.92 Å². The van der Waals surface area contributed by atoms with Crippen molar-refractivity contribution in [1.82, 2.24) is 0 Å². The van der Waals surface area contributed by atoms with Gasteiger partial charge >= 0.3 is 0 Å². The van der Waals surface area contributed by atoms with E-state index in [1.807, 2.05) is 0 Å². The number of hydrogen-bond donors (Lipinski definition) is 0. The fraction of sp³-hybridized carbons (Fsp3) is 1.00. The molecular weight excluding hydrogens is 187 g/mol. The third-order valence-electron chi connectivity index (χ3n) is 2.66. The summed E-state index contributed by atoms with van der Waals surface area (Å²) in [7, 11) is 0.418. The van der Waals surface area contributed by atoms with E-state index >= 15 is 0 Å². The molecule has 0 aliphatic carbocycles. The third kappa shape index (κ3) is 9.00. The van der Waals surface area contributed by atoms with Crippen LogP contribution in [0.5, 0.6) is 0 Å². The quantitative estimate of drug-likeness (QED) is 0.345. The van der Waals surface area contributed by atoms with Crippen molar-refractivity contribution in [2.75, 3.05) is 18.5 Å². The van der Waals surface area contributed by atoms with Crippen LogP contribution in [-0.4, -0.2) is 18.5 Å². The Morgan fingerprint density at radius 3 is 1.64 bits per heavy atom. The van der Waals surface area contributed by atoms with Gasteiger partial charge < -0.3 is 0 Å². The minimum Gasteiger partial charge on any atom is -0.107 e. The van der Waals surface area contributed by atoms with Crippen LogP contribution >= 0.6 is 7.92 Å². The average Bonchev–Trinajstić information content (AvgIpc) is 2.18. The molecule has 0 aromatic heterocycles. The van der Waals surface area contributed by atoms with Gasteiger partial charge in [0.25, 0.3) is 0 Å². The molecule has 0 aromatic carbocycles. The molecule has 0 amide bonds. The lowest BCUT2D eigenvalue weighted by molar-refractivity contribution is 0.658. The molecule has 0 aliphatic heterocycles. The van der Waals surface area contributed by atoms with Crippen LogP contribution in [0, 0.1) is 0 Å². The van der Waals surface area contributed by atoms with Crippen LogP contribution in [0.1, 0.15) is 65.7 Å². The Morgan fingerprint density at radius 2 is 1.14 bits per heavy atom. The Bertz CT molecular complexity index is 95.4. The molecule has 14 heavy (non-hydrogen) atoms. The first-order valence-corrected chi connectivity index (χ1v) is 8.47. The second kappa shape index (κ2) is 11.5. The predicted molar refractivity (Wildman–Crippen MR) is 70.9 cm³/mol. The summed E-state index contributed by atoms with van der Waals surface area (Å²) in [5.74, 6) is 0. The zero-order chi connectivity index (χ0) is 10.6. The average molecular weight is 216 g/mol. The minimum atomic E-state index is 0.418. The Kier molecular flexibility index (Phi) is 11.9. The second-order valence-electron chi connectivity index (χ2n) is 4.26. The highest BCUT2D eigenvalue weighted by atomic mass is 31.1. The molecule has 0 rings (SSSR count). The van der Waals surface area contributed by atoms with Crippen molar-refractivity contribution >= 4 is 7.92 Å². The van der Waals surface area contributed by atoms with Gasteiger partial charge in [0.05, 0.1) is 0 Å². The molecule has 0 aliphatic rings. The van der Waals surface area contributed by atoms with Crippen molar-refractivity contribution in [2.24, 2.45) is 0 Å². The van der Waals surface area contributed by atoms with Gasteiger partial charge in [-0.1, -0.05) is 59.3 Å². The van der Waals surface area contributed by atoms with Crippen LogP contribution in [0.2, 0.25) is 0 Å². The first-order valence-electron chi connectivity index (χ1n) is 6.57. The fourth-order valence-corrected chi connectivity index (χ4v) is 4.51. The molecule has 0 fully saturated rings. The van der Waals surface area contributed by atoms with Gasteiger partial charge in [0.1, 0.15) is 0 Å². The molecule has 0 N–H and O–H groups in total. The summed E-state index contributed by atoms with van der Waals surface area (Å²) in [4.78, 5) is 0. The van der Waals surface area contributed by atoms with Gasteiger partial charge in [0.15, 0.2) is 0 Å². The predicted octanol–water partition coefficient (Wildman–Crippen LogP) is 5.26. The normalized spacial score (nSPS) is 11.1. The summed E-state index contributed by atoms with van der Waals surface area (Å²) in [5, 5.41) is 0. The van der Waals surface area contributed by atoms with Gasteiger partial charge in [-0.25, -0.2) is 0 Å². The van der Waals surface area contributed by atoms with E-state index < -0.39 is 0 Å². The summed E-state index contributed by atoms with van der Waals surface area (Å²) < 4.78 is 0. The molecule has 86 valence electrons. The number of rotatable bonds is 10. The van der Waals surface area contributed by atoms with E-state index in [1.54, 1.807) is 6.16 Å². The zero-order valence-corrected chi connectivity index (χ0v) is 11.4. The van der Waals surface area contributed by atoms with Gasteiger partial charge in [0, 0.05) is 0 Å². The summed E-state index contributed by atoms with van der Waals surface area (Å²) in [6, 6.07) is 0. The van der Waals surface area contributed by atoms with E-state index in [0.717, 1.165) is 0 Å². The highest BCUT2D eigenvalue weighted by Crippen LogP contribution is 2.37. The first kappa shape index (κ1) is 14.4. The molecule has 1 heteroatoms. The Hall–Kier alpha value is 0.430. The molecule has 0 nitrogen and oxygen atoms in total. The van der Waals surface area contributed by atoms with Crippen molar-refractivity contribution in [3.63, 3.8) is 0 Å². The highest BCUT2D eigenvalue weighted by Gasteiger charge is 2.04. The monoisotopic (exact) mass is 216 g/mol. The number of hydrogen-bond acceptors (Lipinski definition) is 0. The molecule has 0 saturated heterocycles. The van der Waals surface area contributed by atoms with Crippen molar-refractivity contribution in [3.05, 3.63) is 0 Å². The maximum atomic E-state index is 2.34. The molecule has 0 radical (unpaired) electrons. The van der Waals surface area contributed by atoms with E-state index in [2.05, 4.69) is 20.8 Å². The van der Waals surface area contributed by atoms with Gasteiger partial charge in [-0.3, -0.25) is 0 Å². The highest BCUT2D eigenvalue weighted by molar-refractivity contribution is 7.57. The van der Waals surface area contributed by atoms with Crippen molar-refractivity contribution in [3.8, 4) is 0 Å². The molecule has 0 bridgehead atoms. The van der Waals surface area contributed by atoms with E-state index in [1.165, 1.54) is 57.3 Å². The maximum Gasteiger partial charge on any atom is -0.0326 e. The second-order valence-corrected chi connectivity index (χ2v) is 6.94. The van der Waals surface area contributed by atoms with Crippen molar-refractivity contribution in [1.29, 1.82) is 0 Å². The van der Waals surface area contributed by atoms with Crippen molar-refractivity contribution < 1.29 is 0 Å². The largest absolute Gasteiger partial charge is 0.107 e. The van der Waals surface area contributed by atoms with Crippen LogP contribution in [0.25, 0.3) is 0 Å². The first-order chi connectivity index (χ1) is 6.85. The van der Waals surface area contributed by atoms with Gasteiger partial charge in [-0.05, 0) is 24.9 Å². The minimum absolute atomic E-state index is 0.418. The van der Waals surface area contributed by atoms with Crippen LogP contribution in [-0.2, 0) is 0 Å². The lowest BCUT2D eigenvalue weighted by Gasteiger charge is -2.15. The molecule has 0 saturated carbocycles. The van der Waals surface area contributed by atoms with Crippen LogP contribution in [0.3, 0.4) is 0 Å². The lowest BCUT2D eigenvalue weighted by Crippen LogP contribution is -1.94. The molecule has 0 unspecified atom stereocenters. The van der Waals surface area contributed by atoms with Crippen LogP contribution in [0.15, 0.2) is 0 Å². The van der Waals surface area contributed by atoms with Crippen molar-refractivity contribution in [2.45, 2.75) is 65.7 Å². The molecule has 0 heterocycles. The third-order valence-corrected chi connectivity index (χ3v) is 5.77. The Labute approximate surface area is 92.6 Å². The zero-order valence-electron chi connectivity index (χ0n) is 10.5. The lowest BCUT2D eigenvalue weighted by atomic mass is 10.2.